The van der Waals surface area contributed by atoms with Crippen LogP contribution in [0.25, 0.3) is 0 Å². The first-order chi connectivity index (χ1) is 3.81. The Morgan fingerprint density at radius 1 is 1.00 bits per heavy atom. The number of hydrogen-bond donors (Lipinski definition) is 0. The summed E-state index contributed by atoms with van der Waals surface area (Å²) in [5, 5.41) is 0. The second-order valence-corrected chi connectivity index (χ2v) is 4.81. The van der Waals surface area contributed by atoms with Gasteiger partial charge in [-0.25, -0.2) is 3.11 Å². The molecule has 0 aliphatic carbocycles. The average Bonchev–Trinajstić information content (AvgIpc) is 1.68. The molecular formula is C4H8I3N. The molecule has 0 fully saturated rings. The molecule has 1 nitrogen and oxygen atoms in total. The van der Waals surface area contributed by atoms with Crippen molar-refractivity contribution in [2.75, 3.05) is 21.9 Å². The average molecular weight is 451 g/mol. The lowest BCUT2D eigenvalue weighted by molar-refractivity contribution is 0.584. The first kappa shape index (κ1) is 10.2. The van der Waals surface area contributed by atoms with E-state index in [0.29, 0.717) is 0 Å². The van der Waals surface area contributed by atoms with Crippen LogP contribution in [0.5, 0.6) is 0 Å². The fraction of sp³-hybridized carbons (Fsp3) is 1.00. The second kappa shape index (κ2) is 7.26. The van der Waals surface area contributed by atoms with Gasteiger partial charge in [0.2, 0.25) is 0 Å². The van der Waals surface area contributed by atoms with E-state index in [1.165, 1.54) is 21.9 Å². The van der Waals surface area contributed by atoms with Crippen molar-refractivity contribution in [1.82, 2.24) is 3.11 Å². The lowest BCUT2D eigenvalue weighted by Gasteiger charge is -2.08. The van der Waals surface area contributed by atoms with Gasteiger partial charge in [0, 0.05) is 44.8 Å². The van der Waals surface area contributed by atoms with Crippen LogP contribution in [0.4, 0.5) is 0 Å². The van der Waals surface area contributed by atoms with Crippen LogP contribution in [0, 0.1) is 0 Å². The maximum absolute atomic E-state index is 2.39. The molecule has 0 aliphatic heterocycles. The molecule has 0 amide bonds. The minimum absolute atomic E-state index is 1.21. The van der Waals surface area contributed by atoms with Crippen LogP contribution in [-0.4, -0.2) is 25.1 Å². The van der Waals surface area contributed by atoms with E-state index in [9.17, 15) is 0 Å². The van der Waals surface area contributed by atoms with Gasteiger partial charge in [0.15, 0.2) is 0 Å². The van der Waals surface area contributed by atoms with Crippen LogP contribution >= 0.6 is 68.0 Å². The van der Waals surface area contributed by atoms with Crippen LogP contribution in [0.3, 0.4) is 0 Å². The number of nitrogens with zero attached hydrogens (tertiary/aromatic N) is 1. The summed E-state index contributed by atoms with van der Waals surface area (Å²) in [6, 6.07) is 0. The molecular weight excluding hydrogens is 443 g/mol. The highest BCUT2D eigenvalue weighted by atomic mass is 127. The van der Waals surface area contributed by atoms with E-state index in [0.717, 1.165) is 0 Å². The van der Waals surface area contributed by atoms with Crippen molar-refractivity contribution in [3.8, 4) is 0 Å². The molecule has 0 aliphatic rings. The van der Waals surface area contributed by atoms with E-state index in [-0.39, 0.29) is 0 Å². The van der Waals surface area contributed by atoms with Crippen LogP contribution in [0.15, 0.2) is 0 Å². The quantitative estimate of drug-likeness (QED) is 0.361. The van der Waals surface area contributed by atoms with Gasteiger partial charge in [-0.05, 0) is 0 Å². The lowest BCUT2D eigenvalue weighted by atomic mass is 10.7. The van der Waals surface area contributed by atoms with Crippen LogP contribution < -0.4 is 0 Å². The van der Waals surface area contributed by atoms with Crippen LogP contribution in [0.1, 0.15) is 0 Å². The molecule has 0 saturated carbocycles. The topological polar surface area (TPSA) is 3.24 Å². The molecule has 0 aromatic heterocycles. The summed E-state index contributed by atoms with van der Waals surface area (Å²) in [6.45, 7) is 2.42. The van der Waals surface area contributed by atoms with Crippen LogP contribution in [-0.2, 0) is 0 Å². The molecule has 0 N–H and O–H groups in total. The Hall–Kier alpha value is 2.15. The Labute approximate surface area is 91.7 Å². The van der Waals surface area contributed by atoms with Crippen molar-refractivity contribution >= 4 is 68.0 Å². The molecule has 0 bridgehead atoms. The van der Waals surface area contributed by atoms with E-state index >= 15 is 0 Å². The second-order valence-electron chi connectivity index (χ2n) is 1.29. The van der Waals surface area contributed by atoms with E-state index in [2.05, 4.69) is 71.2 Å². The van der Waals surface area contributed by atoms with Gasteiger partial charge in [-0.2, -0.15) is 0 Å². The Morgan fingerprint density at radius 2 is 1.38 bits per heavy atom. The Kier molecular flexibility index (Phi) is 9.21. The minimum Gasteiger partial charge on any atom is -0.246 e. The van der Waals surface area contributed by atoms with Gasteiger partial charge in [0.05, 0.1) is 0 Å². The summed E-state index contributed by atoms with van der Waals surface area (Å²) in [4.78, 5) is 0. The SMILES string of the molecule is ICCN(I)CCI. The zero-order valence-electron chi connectivity index (χ0n) is 4.41. The largest absolute Gasteiger partial charge is 0.246 e. The predicted octanol–water partition coefficient (Wildman–Crippen LogP) is 2.51. The highest BCUT2D eigenvalue weighted by Crippen LogP contribution is 2.00. The lowest BCUT2D eigenvalue weighted by Crippen LogP contribution is -2.15. The zero-order valence-corrected chi connectivity index (χ0v) is 10.9. The maximum Gasteiger partial charge on any atom is 0.0202 e. The zero-order chi connectivity index (χ0) is 6.41. The molecule has 0 heterocycles. The van der Waals surface area contributed by atoms with Gasteiger partial charge in [0.25, 0.3) is 0 Å². The Morgan fingerprint density at radius 3 is 1.62 bits per heavy atom. The monoisotopic (exact) mass is 451 g/mol. The highest BCUT2D eigenvalue weighted by Gasteiger charge is 1.93. The van der Waals surface area contributed by atoms with Gasteiger partial charge in [0.1, 0.15) is 0 Å². The minimum atomic E-state index is 1.21. The molecule has 0 saturated heterocycles. The van der Waals surface area contributed by atoms with Crippen LogP contribution in [0.2, 0.25) is 0 Å². The Balaban J connectivity index is 2.92. The molecule has 4 heteroatoms. The normalized spacial score (nSPS) is 10.5. The smallest absolute Gasteiger partial charge is 0.0202 e. The Bertz CT molecular complexity index is 44.5. The van der Waals surface area contributed by atoms with E-state index in [1.54, 1.807) is 0 Å². The van der Waals surface area contributed by atoms with E-state index in [4.69, 9.17) is 0 Å². The first-order valence-electron chi connectivity index (χ1n) is 2.34. The van der Waals surface area contributed by atoms with Crippen molar-refractivity contribution in [3.63, 3.8) is 0 Å². The third-order valence-electron chi connectivity index (χ3n) is 0.654. The fourth-order valence-electron chi connectivity index (χ4n) is 0.295. The number of alkyl halides is 2. The summed E-state index contributed by atoms with van der Waals surface area (Å²) in [5.74, 6) is 0. The van der Waals surface area contributed by atoms with Crippen molar-refractivity contribution in [2.24, 2.45) is 0 Å². The molecule has 0 atom stereocenters. The maximum atomic E-state index is 2.39. The molecule has 50 valence electrons. The number of rotatable bonds is 4. The molecule has 0 unspecified atom stereocenters. The summed E-state index contributed by atoms with van der Waals surface area (Å²) in [5.41, 5.74) is 0. The predicted molar refractivity (Wildman–Crippen MR) is 63.4 cm³/mol. The third-order valence-corrected chi connectivity index (χ3v) is 2.58. The van der Waals surface area contributed by atoms with Crippen molar-refractivity contribution in [1.29, 1.82) is 0 Å². The molecule has 0 aromatic rings. The van der Waals surface area contributed by atoms with Gasteiger partial charge in [-0.1, -0.05) is 45.2 Å². The summed E-state index contributed by atoms with van der Waals surface area (Å²) < 4.78 is 4.78. The first-order valence-corrected chi connectivity index (χ1v) is 6.35. The van der Waals surface area contributed by atoms with E-state index < -0.39 is 0 Å². The van der Waals surface area contributed by atoms with Gasteiger partial charge >= 0.3 is 0 Å². The molecule has 8 heavy (non-hydrogen) atoms. The van der Waals surface area contributed by atoms with Gasteiger partial charge < -0.3 is 0 Å². The molecule has 0 spiro atoms. The number of halogens is 3. The van der Waals surface area contributed by atoms with Crippen molar-refractivity contribution < 1.29 is 0 Å². The summed E-state index contributed by atoms with van der Waals surface area (Å²) in [7, 11) is 0. The molecule has 0 rings (SSSR count). The molecule has 0 radical (unpaired) electrons. The summed E-state index contributed by atoms with van der Waals surface area (Å²) >= 11 is 7.15. The highest BCUT2D eigenvalue weighted by molar-refractivity contribution is 14.1. The van der Waals surface area contributed by atoms with Gasteiger partial charge in [-0.15, -0.1) is 0 Å². The number of hydrogen-bond acceptors (Lipinski definition) is 1. The van der Waals surface area contributed by atoms with Crippen molar-refractivity contribution in [2.45, 2.75) is 0 Å². The fourth-order valence-corrected chi connectivity index (χ4v) is 3.79. The standard InChI is InChI=1S/C4H8I3N/c5-1-3-8(7)4-2-6/h1-4H2. The summed E-state index contributed by atoms with van der Waals surface area (Å²) in [6.07, 6.45) is 0. The van der Waals surface area contributed by atoms with Crippen molar-refractivity contribution in [3.05, 3.63) is 0 Å². The van der Waals surface area contributed by atoms with Gasteiger partial charge in [-0.3, -0.25) is 0 Å². The van der Waals surface area contributed by atoms with E-state index in [1.807, 2.05) is 0 Å². The third kappa shape index (κ3) is 6.27. The molecule has 0 aromatic carbocycles.